The number of alkyl halides is 3. The lowest BCUT2D eigenvalue weighted by Gasteiger charge is -2.15. The van der Waals surface area contributed by atoms with Crippen LogP contribution in [-0.2, 0) is 6.18 Å². The molecule has 2 heterocycles. The third kappa shape index (κ3) is 4.59. The summed E-state index contributed by atoms with van der Waals surface area (Å²) >= 11 is 0. The predicted molar refractivity (Wildman–Crippen MR) is 113 cm³/mol. The minimum atomic E-state index is -4.48. The van der Waals surface area contributed by atoms with E-state index in [0.717, 1.165) is 17.7 Å². The number of rotatable bonds is 5. The second-order valence-corrected chi connectivity index (χ2v) is 6.85. The van der Waals surface area contributed by atoms with Gasteiger partial charge >= 0.3 is 6.18 Å². The zero-order valence-electron chi connectivity index (χ0n) is 16.5. The molecule has 0 aliphatic rings. The number of nitrogens with zero attached hydrogens (tertiary/aromatic N) is 2. The number of carbonyl (C=O) groups is 1. The molecule has 0 spiro atoms. The van der Waals surface area contributed by atoms with Crippen LogP contribution in [0, 0.1) is 0 Å². The molecule has 0 unspecified atom stereocenters. The number of carbonyl (C=O) groups excluding carboxylic acids is 1. The Kier molecular flexibility index (Phi) is 5.59. The van der Waals surface area contributed by atoms with E-state index in [9.17, 15) is 18.0 Å². The number of hydrogen-bond donors (Lipinski definition) is 1. The molecule has 0 radical (unpaired) electrons. The fourth-order valence-electron chi connectivity index (χ4n) is 3.10. The number of primary amides is 1. The lowest BCUT2D eigenvalue weighted by atomic mass is 10.0. The van der Waals surface area contributed by atoms with Crippen LogP contribution in [0.15, 0.2) is 85.2 Å². The van der Waals surface area contributed by atoms with Crippen molar-refractivity contribution in [3.63, 3.8) is 0 Å². The van der Waals surface area contributed by atoms with Crippen molar-refractivity contribution in [2.24, 2.45) is 5.73 Å². The molecule has 0 aliphatic heterocycles. The number of halogens is 3. The maximum Gasteiger partial charge on any atom is 0.416 e. The molecule has 0 bridgehead atoms. The van der Waals surface area contributed by atoms with E-state index in [1.54, 1.807) is 48.5 Å². The van der Waals surface area contributed by atoms with Crippen molar-refractivity contribution in [1.29, 1.82) is 0 Å². The summed E-state index contributed by atoms with van der Waals surface area (Å²) in [6.07, 6.45) is -1.47. The smallest absolute Gasteiger partial charge is 0.416 e. The number of nitrogens with two attached hydrogens (primary N) is 1. The van der Waals surface area contributed by atoms with Crippen LogP contribution in [0.4, 0.5) is 13.2 Å². The van der Waals surface area contributed by atoms with Gasteiger partial charge in [0.1, 0.15) is 17.2 Å². The van der Waals surface area contributed by atoms with Gasteiger partial charge in [0.05, 0.1) is 11.3 Å². The maximum atomic E-state index is 13.2. The Hall–Kier alpha value is -4.20. The van der Waals surface area contributed by atoms with Gasteiger partial charge in [0.2, 0.25) is 0 Å². The number of amides is 1. The SMILES string of the molecule is NC(=O)c1cccc(-c2ccc(Oc3ccc(C(F)(F)F)cc3-c3cccnc3)cc2)n1. The van der Waals surface area contributed by atoms with E-state index in [1.165, 1.54) is 24.5 Å². The van der Waals surface area contributed by atoms with Gasteiger partial charge in [-0.3, -0.25) is 9.78 Å². The Morgan fingerprint density at radius 1 is 0.906 bits per heavy atom. The monoisotopic (exact) mass is 435 g/mol. The highest BCUT2D eigenvalue weighted by Crippen LogP contribution is 2.39. The topological polar surface area (TPSA) is 78.1 Å². The van der Waals surface area contributed by atoms with Gasteiger partial charge in [0, 0.05) is 29.1 Å². The average Bonchev–Trinajstić information content (AvgIpc) is 2.80. The second kappa shape index (κ2) is 8.50. The van der Waals surface area contributed by atoms with Crippen molar-refractivity contribution >= 4 is 5.91 Å². The van der Waals surface area contributed by atoms with E-state index < -0.39 is 17.6 Å². The molecule has 0 atom stereocenters. The molecule has 8 heteroatoms. The van der Waals surface area contributed by atoms with Crippen LogP contribution >= 0.6 is 0 Å². The quantitative estimate of drug-likeness (QED) is 0.435. The van der Waals surface area contributed by atoms with Crippen LogP contribution < -0.4 is 10.5 Å². The summed E-state index contributed by atoms with van der Waals surface area (Å²) < 4.78 is 45.6. The Labute approximate surface area is 181 Å². The van der Waals surface area contributed by atoms with Gasteiger partial charge in [-0.2, -0.15) is 13.2 Å². The first-order chi connectivity index (χ1) is 15.3. The molecule has 1 amide bonds. The number of benzene rings is 2. The zero-order chi connectivity index (χ0) is 22.7. The number of ether oxygens (including phenoxy) is 1. The molecule has 0 aliphatic carbocycles. The van der Waals surface area contributed by atoms with Gasteiger partial charge in [0.15, 0.2) is 0 Å². The number of aromatic nitrogens is 2. The van der Waals surface area contributed by atoms with Crippen LogP contribution in [-0.4, -0.2) is 15.9 Å². The van der Waals surface area contributed by atoms with E-state index in [4.69, 9.17) is 10.5 Å². The molecule has 0 saturated carbocycles. The van der Waals surface area contributed by atoms with Gasteiger partial charge in [-0.25, -0.2) is 4.98 Å². The second-order valence-electron chi connectivity index (χ2n) is 6.85. The molecular formula is C24H16F3N3O2. The van der Waals surface area contributed by atoms with Crippen LogP contribution in [0.1, 0.15) is 16.1 Å². The van der Waals surface area contributed by atoms with Crippen molar-refractivity contribution in [3.8, 4) is 33.9 Å². The normalized spacial score (nSPS) is 11.2. The Morgan fingerprint density at radius 3 is 2.34 bits per heavy atom. The first-order valence-electron chi connectivity index (χ1n) is 9.48. The Balaban J connectivity index is 1.66. The van der Waals surface area contributed by atoms with Gasteiger partial charge in [-0.05, 0) is 60.7 Å². The van der Waals surface area contributed by atoms with Gasteiger partial charge in [0.25, 0.3) is 5.91 Å². The average molecular weight is 435 g/mol. The fraction of sp³-hybridized carbons (Fsp3) is 0.0417. The summed E-state index contributed by atoms with van der Waals surface area (Å²) in [7, 11) is 0. The highest BCUT2D eigenvalue weighted by molar-refractivity contribution is 5.91. The lowest BCUT2D eigenvalue weighted by Crippen LogP contribution is -2.12. The molecule has 4 rings (SSSR count). The third-order valence-electron chi connectivity index (χ3n) is 4.66. The highest BCUT2D eigenvalue weighted by atomic mass is 19.4. The third-order valence-corrected chi connectivity index (χ3v) is 4.66. The first-order valence-corrected chi connectivity index (χ1v) is 9.48. The minimum Gasteiger partial charge on any atom is -0.457 e. The van der Waals surface area contributed by atoms with E-state index in [1.807, 2.05) is 0 Å². The molecule has 2 aromatic carbocycles. The number of pyridine rings is 2. The lowest BCUT2D eigenvalue weighted by molar-refractivity contribution is -0.137. The largest absolute Gasteiger partial charge is 0.457 e. The minimum absolute atomic E-state index is 0.147. The summed E-state index contributed by atoms with van der Waals surface area (Å²) in [6, 6.07) is 18.3. The van der Waals surface area contributed by atoms with E-state index in [0.29, 0.717) is 17.0 Å². The Bertz CT molecular complexity index is 1260. The summed E-state index contributed by atoms with van der Waals surface area (Å²) in [5.41, 5.74) is 6.69. The first kappa shape index (κ1) is 21.0. The standard InChI is InChI=1S/C24H16F3N3O2/c25-24(26,27)17-8-11-22(19(13-17)16-3-2-12-29-14-16)32-18-9-6-15(7-10-18)20-4-1-5-21(30-20)23(28)31/h1-14H,(H2,28,31). The van der Waals surface area contributed by atoms with E-state index >= 15 is 0 Å². The summed E-state index contributed by atoms with van der Waals surface area (Å²) in [5, 5.41) is 0. The van der Waals surface area contributed by atoms with Crippen LogP contribution in [0.5, 0.6) is 11.5 Å². The summed E-state index contributed by atoms with van der Waals surface area (Å²) in [4.78, 5) is 19.5. The highest BCUT2D eigenvalue weighted by Gasteiger charge is 2.31. The van der Waals surface area contributed by atoms with Crippen molar-refractivity contribution in [2.45, 2.75) is 6.18 Å². The molecule has 5 nitrogen and oxygen atoms in total. The molecule has 2 aromatic heterocycles. The van der Waals surface area contributed by atoms with Crippen molar-refractivity contribution < 1.29 is 22.7 Å². The van der Waals surface area contributed by atoms with Crippen molar-refractivity contribution in [3.05, 3.63) is 96.4 Å². The van der Waals surface area contributed by atoms with Gasteiger partial charge < -0.3 is 10.5 Å². The van der Waals surface area contributed by atoms with Crippen molar-refractivity contribution in [2.75, 3.05) is 0 Å². The predicted octanol–water partition coefficient (Wildman–Crippen LogP) is 5.72. The van der Waals surface area contributed by atoms with E-state index in [-0.39, 0.29) is 17.0 Å². The molecule has 32 heavy (non-hydrogen) atoms. The van der Waals surface area contributed by atoms with Gasteiger partial charge in [-0.1, -0.05) is 12.1 Å². The van der Waals surface area contributed by atoms with Crippen LogP contribution in [0.25, 0.3) is 22.4 Å². The van der Waals surface area contributed by atoms with Crippen LogP contribution in [0.3, 0.4) is 0 Å². The van der Waals surface area contributed by atoms with Crippen molar-refractivity contribution in [1.82, 2.24) is 9.97 Å². The molecule has 0 saturated heterocycles. The van der Waals surface area contributed by atoms with Crippen LogP contribution in [0.2, 0.25) is 0 Å². The zero-order valence-corrected chi connectivity index (χ0v) is 16.5. The molecule has 4 aromatic rings. The Morgan fingerprint density at radius 2 is 1.69 bits per heavy atom. The van der Waals surface area contributed by atoms with E-state index in [2.05, 4.69) is 9.97 Å². The molecule has 160 valence electrons. The number of hydrogen-bond acceptors (Lipinski definition) is 4. The molecular weight excluding hydrogens is 419 g/mol. The van der Waals surface area contributed by atoms with Gasteiger partial charge in [-0.15, -0.1) is 0 Å². The maximum absolute atomic E-state index is 13.2. The molecule has 2 N–H and O–H groups in total. The fourth-order valence-corrected chi connectivity index (χ4v) is 3.10. The molecule has 0 fully saturated rings. The summed E-state index contributed by atoms with van der Waals surface area (Å²) in [6.45, 7) is 0. The summed E-state index contributed by atoms with van der Waals surface area (Å²) in [5.74, 6) is 0.0503.